The van der Waals surface area contributed by atoms with Gasteiger partial charge in [-0.25, -0.2) is 4.79 Å². The second-order valence-electron chi connectivity index (χ2n) is 7.92. The molecule has 0 aliphatic carbocycles. The second-order valence-corrected chi connectivity index (χ2v) is 7.92. The summed E-state index contributed by atoms with van der Waals surface area (Å²) in [5.74, 6) is -0.324. The van der Waals surface area contributed by atoms with Crippen LogP contribution in [0, 0.1) is 0 Å². The standard InChI is InChI=1S/C22H29N3O3/c1-3-15-8-6-7-11-24(15)14-21(26)25-13-19-17(12-20(25)22(27)28-2)16-9-4-5-10-18(16)23-19/h4-5,9-10,15,20,23H,3,6-8,11-14H2,1-2H3/t15?,20-/m0/s1. The summed E-state index contributed by atoms with van der Waals surface area (Å²) in [6.07, 6.45) is 5.07. The molecule has 0 saturated carbocycles. The Hall–Kier alpha value is -2.34. The quantitative estimate of drug-likeness (QED) is 0.825. The number of H-pyrrole nitrogens is 1. The molecular weight excluding hydrogens is 354 g/mol. The maximum absolute atomic E-state index is 13.2. The SMILES string of the molecule is CCC1CCCCN1CC(=O)N1Cc2[nH]c3ccccc3c2C[C@H]1C(=O)OC. The summed E-state index contributed by atoms with van der Waals surface area (Å²) in [7, 11) is 1.40. The smallest absolute Gasteiger partial charge is 0.328 e. The van der Waals surface area contributed by atoms with Crippen LogP contribution in [0.4, 0.5) is 0 Å². The number of likely N-dealkylation sites (tertiary alicyclic amines) is 1. The Labute approximate surface area is 165 Å². The second kappa shape index (κ2) is 7.95. The largest absolute Gasteiger partial charge is 0.467 e. The minimum Gasteiger partial charge on any atom is -0.467 e. The van der Waals surface area contributed by atoms with Crippen LogP contribution >= 0.6 is 0 Å². The molecule has 1 fully saturated rings. The van der Waals surface area contributed by atoms with Crippen LogP contribution in [0.15, 0.2) is 24.3 Å². The Bertz CT molecular complexity index is 875. The molecule has 0 spiro atoms. The molecule has 1 aromatic carbocycles. The number of carbonyl (C=O) groups is 2. The maximum atomic E-state index is 13.2. The molecule has 28 heavy (non-hydrogen) atoms. The number of fused-ring (bicyclic) bond motifs is 3. The van der Waals surface area contributed by atoms with E-state index >= 15 is 0 Å². The zero-order valence-electron chi connectivity index (χ0n) is 16.7. The number of carbonyl (C=O) groups excluding carboxylic acids is 2. The lowest BCUT2D eigenvalue weighted by Gasteiger charge is -2.38. The van der Waals surface area contributed by atoms with Crippen LogP contribution in [0.5, 0.6) is 0 Å². The number of ether oxygens (including phenoxy) is 1. The van der Waals surface area contributed by atoms with Crippen molar-refractivity contribution in [3.8, 4) is 0 Å². The molecule has 4 rings (SSSR count). The predicted molar refractivity (Wildman–Crippen MR) is 108 cm³/mol. The van der Waals surface area contributed by atoms with E-state index in [-0.39, 0.29) is 11.9 Å². The summed E-state index contributed by atoms with van der Waals surface area (Å²) >= 11 is 0. The fourth-order valence-electron chi connectivity index (χ4n) is 4.81. The molecule has 0 radical (unpaired) electrons. The summed E-state index contributed by atoms with van der Waals surface area (Å²) in [4.78, 5) is 33.2. The number of hydrogen-bond acceptors (Lipinski definition) is 4. The first-order chi connectivity index (χ1) is 13.6. The lowest BCUT2D eigenvalue weighted by Crippen LogP contribution is -2.53. The number of amides is 1. The molecule has 150 valence electrons. The van der Waals surface area contributed by atoms with Gasteiger partial charge in [0.25, 0.3) is 0 Å². The summed E-state index contributed by atoms with van der Waals surface area (Å²) in [6, 6.07) is 7.99. The van der Waals surface area contributed by atoms with E-state index in [2.05, 4.69) is 22.9 Å². The van der Waals surface area contributed by atoms with Crippen molar-refractivity contribution in [2.75, 3.05) is 20.2 Å². The van der Waals surface area contributed by atoms with Gasteiger partial charge in [0.1, 0.15) is 6.04 Å². The molecule has 2 aliphatic heterocycles. The molecular formula is C22H29N3O3. The van der Waals surface area contributed by atoms with E-state index in [1.54, 1.807) is 4.90 Å². The van der Waals surface area contributed by atoms with Gasteiger partial charge >= 0.3 is 5.97 Å². The van der Waals surface area contributed by atoms with Crippen molar-refractivity contribution >= 4 is 22.8 Å². The summed E-state index contributed by atoms with van der Waals surface area (Å²) in [5.41, 5.74) is 3.20. The van der Waals surface area contributed by atoms with E-state index in [0.717, 1.165) is 48.0 Å². The van der Waals surface area contributed by atoms with Gasteiger partial charge in [0.2, 0.25) is 5.91 Å². The fourth-order valence-corrected chi connectivity index (χ4v) is 4.81. The topological polar surface area (TPSA) is 65.6 Å². The zero-order chi connectivity index (χ0) is 19.7. The van der Waals surface area contributed by atoms with E-state index in [1.807, 2.05) is 18.2 Å². The third-order valence-electron chi connectivity index (χ3n) is 6.36. The van der Waals surface area contributed by atoms with Gasteiger partial charge in [-0.2, -0.15) is 0 Å². The number of hydrogen-bond donors (Lipinski definition) is 1. The van der Waals surface area contributed by atoms with Crippen LogP contribution in [0.1, 0.15) is 43.9 Å². The van der Waals surface area contributed by atoms with Crippen LogP contribution in [0.25, 0.3) is 10.9 Å². The van der Waals surface area contributed by atoms with Crippen molar-refractivity contribution in [1.29, 1.82) is 0 Å². The van der Waals surface area contributed by atoms with Crippen molar-refractivity contribution in [3.05, 3.63) is 35.5 Å². The Morgan fingerprint density at radius 3 is 2.86 bits per heavy atom. The van der Waals surface area contributed by atoms with Gasteiger partial charge in [0.05, 0.1) is 20.2 Å². The van der Waals surface area contributed by atoms with Crippen molar-refractivity contribution in [1.82, 2.24) is 14.8 Å². The molecule has 2 atom stereocenters. The summed E-state index contributed by atoms with van der Waals surface area (Å²) < 4.78 is 5.05. The lowest BCUT2D eigenvalue weighted by molar-refractivity contribution is -0.154. The minimum absolute atomic E-state index is 0.0139. The molecule has 1 saturated heterocycles. The van der Waals surface area contributed by atoms with Crippen LogP contribution in [-0.4, -0.2) is 58.9 Å². The molecule has 0 bridgehead atoms. The molecule has 2 aliphatic rings. The number of benzene rings is 1. The van der Waals surface area contributed by atoms with E-state index in [4.69, 9.17) is 4.74 Å². The van der Waals surface area contributed by atoms with Crippen molar-refractivity contribution in [2.24, 2.45) is 0 Å². The molecule has 1 amide bonds. The van der Waals surface area contributed by atoms with Crippen molar-refractivity contribution < 1.29 is 14.3 Å². The van der Waals surface area contributed by atoms with E-state index < -0.39 is 6.04 Å². The normalized spacial score (nSPS) is 22.9. The number of nitrogens with zero attached hydrogens (tertiary/aromatic N) is 2. The first-order valence-corrected chi connectivity index (χ1v) is 10.3. The van der Waals surface area contributed by atoms with E-state index in [9.17, 15) is 9.59 Å². The summed E-state index contributed by atoms with van der Waals surface area (Å²) in [6.45, 7) is 3.94. The molecule has 1 aromatic heterocycles. The van der Waals surface area contributed by atoms with Crippen molar-refractivity contribution in [2.45, 2.75) is 57.7 Å². The van der Waals surface area contributed by atoms with Crippen LogP contribution in [0.3, 0.4) is 0 Å². The Morgan fingerprint density at radius 2 is 2.07 bits per heavy atom. The number of para-hydroxylation sites is 1. The van der Waals surface area contributed by atoms with Gasteiger partial charge in [0.15, 0.2) is 0 Å². The highest BCUT2D eigenvalue weighted by atomic mass is 16.5. The number of methoxy groups -OCH3 is 1. The van der Waals surface area contributed by atoms with Gasteiger partial charge in [0, 0.05) is 29.1 Å². The average molecular weight is 383 g/mol. The van der Waals surface area contributed by atoms with Crippen LogP contribution in [0.2, 0.25) is 0 Å². The average Bonchev–Trinajstić information content (AvgIpc) is 3.10. The van der Waals surface area contributed by atoms with Gasteiger partial charge in [-0.3, -0.25) is 9.69 Å². The van der Waals surface area contributed by atoms with Gasteiger partial charge in [-0.1, -0.05) is 31.5 Å². The number of aromatic nitrogens is 1. The predicted octanol–water partition coefficient (Wildman–Crippen LogP) is 2.86. The van der Waals surface area contributed by atoms with Gasteiger partial charge in [-0.15, -0.1) is 0 Å². The molecule has 1 N–H and O–H groups in total. The Kier molecular flexibility index (Phi) is 5.40. The van der Waals surface area contributed by atoms with Gasteiger partial charge < -0.3 is 14.6 Å². The first kappa shape index (κ1) is 19.0. The van der Waals surface area contributed by atoms with Crippen LogP contribution < -0.4 is 0 Å². The Morgan fingerprint density at radius 1 is 1.25 bits per heavy atom. The van der Waals surface area contributed by atoms with E-state index in [1.165, 1.54) is 13.5 Å². The highest BCUT2D eigenvalue weighted by molar-refractivity contribution is 5.90. The number of aromatic amines is 1. The third kappa shape index (κ3) is 3.41. The molecule has 6 nitrogen and oxygen atoms in total. The van der Waals surface area contributed by atoms with Crippen LogP contribution in [-0.2, 0) is 27.3 Å². The first-order valence-electron chi connectivity index (χ1n) is 10.3. The lowest BCUT2D eigenvalue weighted by atomic mass is 9.96. The van der Waals surface area contributed by atoms with E-state index in [0.29, 0.717) is 25.6 Å². The Balaban J connectivity index is 1.60. The number of piperidine rings is 1. The number of nitrogens with one attached hydrogen (secondary N) is 1. The number of rotatable bonds is 4. The zero-order valence-corrected chi connectivity index (χ0v) is 16.7. The molecule has 3 heterocycles. The van der Waals surface area contributed by atoms with Crippen molar-refractivity contribution in [3.63, 3.8) is 0 Å². The van der Waals surface area contributed by atoms with Gasteiger partial charge in [-0.05, 0) is 37.4 Å². The number of esters is 1. The monoisotopic (exact) mass is 383 g/mol. The highest BCUT2D eigenvalue weighted by Crippen LogP contribution is 2.31. The third-order valence-corrected chi connectivity index (χ3v) is 6.36. The maximum Gasteiger partial charge on any atom is 0.328 e. The molecule has 6 heteroatoms. The molecule has 1 unspecified atom stereocenters. The molecule has 2 aromatic rings. The highest BCUT2D eigenvalue weighted by Gasteiger charge is 2.38. The summed E-state index contributed by atoms with van der Waals surface area (Å²) in [5, 5.41) is 1.13. The minimum atomic E-state index is -0.561. The fraction of sp³-hybridized carbons (Fsp3) is 0.545.